The van der Waals surface area contributed by atoms with Gasteiger partial charge in [-0.15, -0.1) is 11.8 Å². The van der Waals surface area contributed by atoms with Crippen molar-refractivity contribution < 1.29 is 13.9 Å². The normalized spacial score (nSPS) is 18.5. The summed E-state index contributed by atoms with van der Waals surface area (Å²) < 4.78 is 18.5. The number of nitrogen functional groups attached to an aromatic ring is 1. The Morgan fingerprint density at radius 1 is 1.53 bits per heavy atom. The molecule has 6 heteroatoms. The van der Waals surface area contributed by atoms with Crippen LogP contribution in [-0.4, -0.2) is 30.9 Å². The van der Waals surface area contributed by atoms with Crippen LogP contribution in [0, 0.1) is 5.82 Å². The van der Waals surface area contributed by atoms with Crippen LogP contribution in [0.5, 0.6) is 0 Å². The SMILES string of the molecule is Nc1cc(F)cc(SCC(=O)NCC2CCCO2)c1. The lowest BCUT2D eigenvalue weighted by atomic mass is 10.2. The Morgan fingerprint density at radius 3 is 3.05 bits per heavy atom. The van der Waals surface area contributed by atoms with Gasteiger partial charge in [-0.1, -0.05) is 0 Å². The number of ether oxygens (including phenoxy) is 1. The van der Waals surface area contributed by atoms with Crippen molar-refractivity contribution in [3.8, 4) is 0 Å². The number of benzene rings is 1. The van der Waals surface area contributed by atoms with Crippen LogP contribution in [0.15, 0.2) is 23.1 Å². The van der Waals surface area contributed by atoms with E-state index in [-0.39, 0.29) is 23.6 Å². The highest BCUT2D eigenvalue weighted by Crippen LogP contribution is 2.21. The van der Waals surface area contributed by atoms with Crippen molar-refractivity contribution >= 4 is 23.4 Å². The number of hydrogen-bond donors (Lipinski definition) is 2. The molecule has 0 aliphatic carbocycles. The largest absolute Gasteiger partial charge is 0.399 e. The average Bonchev–Trinajstić information content (AvgIpc) is 2.86. The first-order chi connectivity index (χ1) is 9.13. The van der Waals surface area contributed by atoms with Gasteiger partial charge in [-0.3, -0.25) is 4.79 Å². The first kappa shape index (κ1) is 14.1. The Balaban J connectivity index is 1.73. The number of amides is 1. The van der Waals surface area contributed by atoms with Gasteiger partial charge >= 0.3 is 0 Å². The Kier molecular flexibility index (Phi) is 5.04. The minimum absolute atomic E-state index is 0.0802. The molecule has 1 amide bonds. The average molecular weight is 284 g/mol. The number of nitrogens with two attached hydrogens (primary N) is 1. The number of anilines is 1. The molecule has 4 nitrogen and oxygen atoms in total. The summed E-state index contributed by atoms with van der Waals surface area (Å²) in [5.41, 5.74) is 5.90. The molecule has 19 heavy (non-hydrogen) atoms. The van der Waals surface area contributed by atoms with E-state index in [4.69, 9.17) is 10.5 Å². The molecule has 1 atom stereocenters. The fraction of sp³-hybridized carbons (Fsp3) is 0.462. The quantitative estimate of drug-likeness (QED) is 0.639. The molecule has 1 aromatic carbocycles. The number of rotatable bonds is 5. The second kappa shape index (κ2) is 6.77. The molecule has 1 heterocycles. The summed E-state index contributed by atoms with van der Waals surface area (Å²) >= 11 is 1.27. The van der Waals surface area contributed by atoms with Crippen molar-refractivity contribution in [1.82, 2.24) is 5.32 Å². The van der Waals surface area contributed by atoms with Crippen molar-refractivity contribution in [2.75, 3.05) is 24.6 Å². The van der Waals surface area contributed by atoms with Crippen molar-refractivity contribution in [2.45, 2.75) is 23.8 Å². The molecule has 1 aliphatic heterocycles. The summed E-state index contributed by atoms with van der Waals surface area (Å²) in [6.45, 7) is 1.32. The highest BCUT2D eigenvalue weighted by molar-refractivity contribution is 8.00. The van der Waals surface area contributed by atoms with E-state index in [9.17, 15) is 9.18 Å². The Hall–Kier alpha value is -1.27. The number of nitrogens with one attached hydrogen (secondary N) is 1. The fourth-order valence-corrected chi connectivity index (χ4v) is 2.72. The fourth-order valence-electron chi connectivity index (χ4n) is 1.90. The third-order valence-corrected chi connectivity index (χ3v) is 3.79. The van der Waals surface area contributed by atoms with E-state index in [0.717, 1.165) is 19.4 Å². The van der Waals surface area contributed by atoms with Crippen LogP contribution in [0.1, 0.15) is 12.8 Å². The van der Waals surface area contributed by atoms with E-state index >= 15 is 0 Å². The van der Waals surface area contributed by atoms with Gasteiger partial charge in [0.05, 0.1) is 11.9 Å². The number of carbonyl (C=O) groups is 1. The lowest BCUT2D eigenvalue weighted by molar-refractivity contribution is -0.119. The number of thioether (sulfide) groups is 1. The molecule has 0 radical (unpaired) electrons. The molecule has 0 bridgehead atoms. The summed E-state index contributed by atoms with van der Waals surface area (Å²) in [5, 5.41) is 2.81. The van der Waals surface area contributed by atoms with E-state index in [1.807, 2.05) is 0 Å². The molecule has 1 aliphatic rings. The van der Waals surface area contributed by atoms with Gasteiger partial charge in [0.2, 0.25) is 5.91 Å². The predicted molar refractivity (Wildman–Crippen MR) is 73.5 cm³/mol. The Labute approximate surface area is 115 Å². The van der Waals surface area contributed by atoms with Crippen molar-refractivity contribution in [3.63, 3.8) is 0 Å². The monoisotopic (exact) mass is 284 g/mol. The van der Waals surface area contributed by atoms with E-state index in [0.29, 0.717) is 17.1 Å². The highest BCUT2D eigenvalue weighted by atomic mass is 32.2. The molecule has 1 aromatic rings. The van der Waals surface area contributed by atoms with Crippen molar-refractivity contribution in [1.29, 1.82) is 0 Å². The topological polar surface area (TPSA) is 64.4 Å². The number of carbonyl (C=O) groups excluding carboxylic acids is 1. The van der Waals surface area contributed by atoms with E-state index in [1.54, 1.807) is 6.07 Å². The van der Waals surface area contributed by atoms with Crippen molar-refractivity contribution in [2.24, 2.45) is 0 Å². The van der Waals surface area contributed by atoms with Crippen molar-refractivity contribution in [3.05, 3.63) is 24.0 Å². The first-order valence-electron chi connectivity index (χ1n) is 6.20. The summed E-state index contributed by atoms with van der Waals surface area (Å²) in [6.07, 6.45) is 2.19. The van der Waals surface area contributed by atoms with E-state index in [2.05, 4.69) is 5.32 Å². The molecule has 0 aromatic heterocycles. The molecule has 3 N–H and O–H groups in total. The molecular formula is C13H17FN2O2S. The summed E-state index contributed by atoms with van der Waals surface area (Å²) in [7, 11) is 0. The summed E-state index contributed by atoms with van der Waals surface area (Å²) in [6, 6.07) is 4.27. The number of halogens is 1. The lowest BCUT2D eigenvalue weighted by Crippen LogP contribution is -2.32. The number of hydrogen-bond acceptors (Lipinski definition) is 4. The van der Waals surface area contributed by atoms with Gasteiger partial charge in [-0.05, 0) is 31.0 Å². The highest BCUT2D eigenvalue weighted by Gasteiger charge is 2.16. The third kappa shape index (κ3) is 4.72. The third-order valence-electron chi connectivity index (χ3n) is 2.81. The zero-order valence-electron chi connectivity index (χ0n) is 10.5. The smallest absolute Gasteiger partial charge is 0.230 e. The second-order valence-electron chi connectivity index (χ2n) is 4.45. The molecule has 2 rings (SSSR count). The van der Waals surface area contributed by atoms with Crippen LogP contribution in [0.25, 0.3) is 0 Å². The van der Waals surface area contributed by atoms with Gasteiger partial charge in [0.1, 0.15) is 5.82 Å². The standard InChI is InChI=1S/C13H17FN2O2S/c14-9-4-10(15)6-12(5-9)19-8-13(17)16-7-11-2-1-3-18-11/h4-6,11H,1-3,7-8,15H2,(H,16,17). The molecule has 1 saturated heterocycles. The minimum atomic E-state index is -0.387. The maximum Gasteiger partial charge on any atom is 0.230 e. The second-order valence-corrected chi connectivity index (χ2v) is 5.50. The maximum atomic E-state index is 13.1. The van der Waals surface area contributed by atoms with Gasteiger partial charge in [0.15, 0.2) is 0 Å². The van der Waals surface area contributed by atoms with E-state index < -0.39 is 0 Å². The van der Waals surface area contributed by atoms with Gasteiger partial charge in [0.25, 0.3) is 0 Å². The molecule has 1 fully saturated rings. The molecule has 0 spiro atoms. The van der Waals surface area contributed by atoms with Crippen LogP contribution in [0.3, 0.4) is 0 Å². The van der Waals surface area contributed by atoms with Crippen LogP contribution in [0.4, 0.5) is 10.1 Å². The maximum absolute atomic E-state index is 13.1. The van der Waals surface area contributed by atoms with Crippen LogP contribution >= 0.6 is 11.8 Å². The predicted octanol–water partition coefficient (Wildman–Crippen LogP) is 1.80. The zero-order chi connectivity index (χ0) is 13.7. The summed E-state index contributed by atoms with van der Waals surface area (Å²) in [4.78, 5) is 12.3. The molecule has 104 valence electrons. The molecule has 0 saturated carbocycles. The van der Waals surface area contributed by atoms with Gasteiger partial charge < -0.3 is 15.8 Å². The van der Waals surface area contributed by atoms with Gasteiger partial charge in [-0.25, -0.2) is 4.39 Å². The van der Waals surface area contributed by atoms with Gasteiger partial charge in [-0.2, -0.15) is 0 Å². The lowest BCUT2D eigenvalue weighted by Gasteiger charge is -2.10. The molecular weight excluding hydrogens is 267 g/mol. The Morgan fingerprint density at radius 2 is 2.37 bits per heavy atom. The first-order valence-corrected chi connectivity index (χ1v) is 7.19. The van der Waals surface area contributed by atoms with Crippen LogP contribution < -0.4 is 11.1 Å². The molecule has 1 unspecified atom stereocenters. The van der Waals surface area contributed by atoms with Crippen LogP contribution in [0.2, 0.25) is 0 Å². The van der Waals surface area contributed by atoms with Crippen LogP contribution in [-0.2, 0) is 9.53 Å². The van der Waals surface area contributed by atoms with Gasteiger partial charge in [0, 0.05) is 23.7 Å². The van der Waals surface area contributed by atoms with E-state index in [1.165, 1.54) is 23.9 Å². The summed E-state index contributed by atoms with van der Waals surface area (Å²) in [5.74, 6) is -0.221. The Bertz CT molecular complexity index is 430. The zero-order valence-corrected chi connectivity index (χ0v) is 11.3. The minimum Gasteiger partial charge on any atom is -0.399 e.